The van der Waals surface area contributed by atoms with Crippen LogP contribution < -0.4 is 5.32 Å². The molecule has 0 heterocycles. The molecule has 0 fully saturated rings. The first-order chi connectivity index (χ1) is 36.5. The molecule has 0 aliphatic rings. The number of hydrogen-bond donors (Lipinski definition) is 3. The zero-order chi connectivity index (χ0) is 53.6. The fourth-order valence-electron chi connectivity index (χ4n) is 10.6. The van der Waals surface area contributed by atoms with Gasteiger partial charge in [0.2, 0.25) is 5.91 Å². The molecule has 0 rings (SSSR count). The van der Waals surface area contributed by atoms with Crippen LogP contribution in [0.3, 0.4) is 0 Å². The highest BCUT2D eigenvalue weighted by atomic mass is 16.5. The van der Waals surface area contributed by atoms with E-state index in [1.54, 1.807) is 0 Å². The van der Waals surface area contributed by atoms with Crippen LogP contribution in [0.15, 0.2) is 24.3 Å². The lowest BCUT2D eigenvalue weighted by molar-refractivity contribution is -0.143. The van der Waals surface area contributed by atoms with Gasteiger partial charge in [-0.05, 0) is 77.0 Å². The smallest absolute Gasteiger partial charge is 0.305 e. The lowest BCUT2D eigenvalue weighted by Crippen LogP contribution is -2.45. The van der Waals surface area contributed by atoms with Crippen LogP contribution in [-0.2, 0) is 14.3 Å². The summed E-state index contributed by atoms with van der Waals surface area (Å²) in [6, 6.07) is -0.550. The molecular weight excluding hydrogens is 911 g/mol. The van der Waals surface area contributed by atoms with Gasteiger partial charge in [0.25, 0.3) is 0 Å². The first-order valence-corrected chi connectivity index (χ1v) is 33.6. The van der Waals surface area contributed by atoms with Gasteiger partial charge < -0.3 is 20.3 Å². The molecule has 6 nitrogen and oxygen atoms in total. The second-order valence-electron chi connectivity index (χ2n) is 23.1. The van der Waals surface area contributed by atoms with E-state index in [1.165, 1.54) is 295 Å². The summed E-state index contributed by atoms with van der Waals surface area (Å²) in [7, 11) is 0. The monoisotopic (exact) mass is 1040 g/mol. The van der Waals surface area contributed by atoms with E-state index in [2.05, 4.69) is 43.5 Å². The van der Waals surface area contributed by atoms with Crippen LogP contribution in [0.5, 0.6) is 0 Å². The first kappa shape index (κ1) is 72.3. The number of amides is 1. The van der Waals surface area contributed by atoms with Crippen LogP contribution in [0.4, 0.5) is 0 Å². The van der Waals surface area contributed by atoms with Crippen molar-refractivity contribution in [3.8, 4) is 0 Å². The summed E-state index contributed by atoms with van der Waals surface area (Å²) in [6.45, 7) is 4.95. The van der Waals surface area contributed by atoms with E-state index in [9.17, 15) is 19.8 Å². The molecule has 0 aliphatic heterocycles. The van der Waals surface area contributed by atoms with Gasteiger partial charge in [-0.15, -0.1) is 0 Å². The number of rotatable bonds is 63. The molecule has 2 unspecified atom stereocenters. The molecule has 0 aromatic rings. The molecule has 0 aromatic carbocycles. The standard InChI is InChI=1S/C68H131NO5/c1-3-5-7-9-11-13-15-17-18-19-20-21-22-23-24-25-27-30-33-37-40-44-48-52-56-60-66(71)65(64-70)69-67(72)61-57-53-49-45-41-38-34-31-28-26-29-32-35-39-43-47-51-55-59-63-74-68(73)62-58-54-50-46-42-36-16-14-12-10-8-6-4-2/h14,16,26,28,65-66,70-71H,3-13,15,17-25,27,29-64H2,1-2H3,(H,69,72)/b16-14-,28-26-. The van der Waals surface area contributed by atoms with Gasteiger partial charge >= 0.3 is 5.97 Å². The summed E-state index contributed by atoms with van der Waals surface area (Å²) in [4.78, 5) is 24.6. The van der Waals surface area contributed by atoms with Crippen molar-refractivity contribution in [2.45, 2.75) is 386 Å². The number of esters is 1. The summed E-state index contributed by atoms with van der Waals surface area (Å²) in [5.41, 5.74) is 0. The van der Waals surface area contributed by atoms with Crippen LogP contribution >= 0.6 is 0 Å². The molecule has 0 aliphatic carbocycles. The molecule has 0 spiro atoms. The van der Waals surface area contributed by atoms with Crippen molar-refractivity contribution in [3.63, 3.8) is 0 Å². The Morgan fingerprint density at radius 3 is 0.973 bits per heavy atom. The molecule has 0 radical (unpaired) electrons. The molecule has 74 heavy (non-hydrogen) atoms. The van der Waals surface area contributed by atoms with Crippen molar-refractivity contribution in [2.75, 3.05) is 13.2 Å². The van der Waals surface area contributed by atoms with Gasteiger partial charge in [0.1, 0.15) is 0 Å². The van der Waals surface area contributed by atoms with Crippen molar-refractivity contribution in [1.29, 1.82) is 0 Å². The second-order valence-corrected chi connectivity index (χ2v) is 23.1. The number of aliphatic hydroxyl groups excluding tert-OH is 2. The fraction of sp³-hybridized carbons (Fsp3) is 0.912. The van der Waals surface area contributed by atoms with E-state index in [0.29, 0.717) is 25.9 Å². The third-order valence-corrected chi connectivity index (χ3v) is 15.7. The van der Waals surface area contributed by atoms with Gasteiger partial charge in [-0.3, -0.25) is 9.59 Å². The predicted molar refractivity (Wildman–Crippen MR) is 324 cm³/mol. The average molecular weight is 1040 g/mol. The number of allylic oxidation sites excluding steroid dienone is 4. The minimum atomic E-state index is -0.672. The molecule has 1 amide bonds. The summed E-state index contributed by atoms with van der Waals surface area (Å²) < 4.78 is 5.47. The van der Waals surface area contributed by atoms with Crippen molar-refractivity contribution in [3.05, 3.63) is 24.3 Å². The second kappa shape index (κ2) is 63.9. The number of carbonyl (C=O) groups is 2. The Morgan fingerprint density at radius 2 is 0.635 bits per heavy atom. The molecule has 0 aromatic heterocycles. The van der Waals surface area contributed by atoms with E-state index < -0.39 is 12.1 Å². The van der Waals surface area contributed by atoms with Crippen LogP contribution in [0, 0.1) is 0 Å². The van der Waals surface area contributed by atoms with Gasteiger partial charge in [-0.25, -0.2) is 0 Å². The van der Waals surface area contributed by atoms with Crippen molar-refractivity contribution in [2.24, 2.45) is 0 Å². The maximum atomic E-state index is 12.5. The number of nitrogens with one attached hydrogen (secondary N) is 1. The number of ether oxygens (including phenoxy) is 1. The van der Waals surface area contributed by atoms with Gasteiger partial charge in [0.05, 0.1) is 25.4 Å². The maximum Gasteiger partial charge on any atom is 0.305 e. The third kappa shape index (κ3) is 59.6. The van der Waals surface area contributed by atoms with Crippen molar-refractivity contribution in [1.82, 2.24) is 5.32 Å². The lowest BCUT2D eigenvalue weighted by atomic mass is 10.0. The Labute approximate surface area is 462 Å². The predicted octanol–water partition coefficient (Wildman–Crippen LogP) is 21.4. The van der Waals surface area contributed by atoms with Gasteiger partial charge in [-0.1, -0.05) is 308 Å². The van der Waals surface area contributed by atoms with Gasteiger partial charge in [0, 0.05) is 12.8 Å². The van der Waals surface area contributed by atoms with Crippen molar-refractivity contribution >= 4 is 11.9 Å². The molecule has 0 saturated heterocycles. The molecule has 0 bridgehead atoms. The Balaban J connectivity index is 3.43. The van der Waals surface area contributed by atoms with Gasteiger partial charge in [-0.2, -0.15) is 0 Å². The summed E-state index contributed by atoms with van der Waals surface area (Å²) in [5.74, 6) is -0.0449. The third-order valence-electron chi connectivity index (χ3n) is 15.7. The topological polar surface area (TPSA) is 95.9 Å². The Kier molecular flexibility index (Phi) is 62.4. The van der Waals surface area contributed by atoms with E-state index in [1.807, 2.05) is 0 Å². The van der Waals surface area contributed by atoms with Crippen LogP contribution in [0.25, 0.3) is 0 Å². The highest BCUT2D eigenvalue weighted by Gasteiger charge is 2.20. The van der Waals surface area contributed by atoms with E-state index in [4.69, 9.17) is 4.74 Å². The average Bonchev–Trinajstić information content (AvgIpc) is 3.40. The summed E-state index contributed by atoms with van der Waals surface area (Å²) >= 11 is 0. The summed E-state index contributed by atoms with van der Waals surface area (Å²) in [5, 5.41) is 23.4. The molecule has 438 valence electrons. The molecule has 0 saturated carbocycles. The number of unbranched alkanes of at least 4 members (excludes halogenated alkanes) is 48. The van der Waals surface area contributed by atoms with Crippen molar-refractivity contribution < 1.29 is 24.5 Å². The number of carbonyl (C=O) groups excluding carboxylic acids is 2. The Hall–Kier alpha value is -1.66. The van der Waals surface area contributed by atoms with Crippen LogP contribution in [0.1, 0.15) is 373 Å². The normalized spacial score (nSPS) is 12.6. The maximum absolute atomic E-state index is 12.5. The Morgan fingerprint density at radius 1 is 0.365 bits per heavy atom. The molecule has 3 N–H and O–H groups in total. The minimum Gasteiger partial charge on any atom is -0.466 e. The summed E-state index contributed by atoms with van der Waals surface area (Å²) in [6.07, 6.45) is 79.2. The SMILES string of the molecule is CCCCCC/C=C\CCCCCCCC(=O)OCCCCCCCCCC/C=C\CCCCCCCCCC(=O)NC(CO)C(O)CCCCCCCCCCCCCCCCCCCCCCCCCCC. The molecule has 6 heteroatoms. The minimum absolute atomic E-state index is 0.00442. The number of aliphatic hydroxyl groups is 2. The van der Waals surface area contributed by atoms with E-state index >= 15 is 0 Å². The van der Waals surface area contributed by atoms with E-state index in [0.717, 1.165) is 44.9 Å². The van der Waals surface area contributed by atoms with Crippen LogP contribution in [-0.4, -0.2) is 47.4 Å². The lowest BCUT2D eigenvalue weighted by Gasteiger charge is -2.22. The van der Waals surface area contributed by atoms with Gasteiger partial charge in [0.15, 0.2) is 0 Å². The quantitative estimate of drug-likeness (QED) is 0.0320. The zero-order valence-corrected chi connectivity index (χ0v) is 50.1. The van der Waals surface area contributed by atoms with E-state index in [-0.39, 0.29) is 18.5 Å². The zero-order valence-electron chi connectivity index (χ0n) is 50.1. The highest BCUT2D eigenvalue weighted by molar-refractivity contribution is 5.76. The Bertz CT molecular complexity index is 1150. The van der Waals surface area contributed by atoms with Crippen LogP contribution in [0.2, 0.25) is 0 Å². The fourth-order valence-corrected chi connectivity index (χ4v) is 10.6. The highest BCUT2D eigenvalue weighted by Crippen LogP contribution is 2.18. The molecule has 2 atom stereocenters. The largest absolute Gasteiger partial charge is 0.466 e. The molecular formula is C68H131NO5. The first-order valence-electron chi connectivity index (χ1n) is 33.6. The number of hydrogen-bond acceptors (Lipinski definition) is 5.